The van der Waals surface area contributed by atoms with Crippen LogP contribution >= 0.6 is 0 Å². The lowest BCUT2D eigenvalue weighted by molar-refractivity contribution is -0.175. The number of aliphatic hydroxyl groups is 1. The third-order valence-electron chi connectivity index (χ3n) is 6.22. The van der Waals surface area contributed by atoms with Gasteiger partial charge in [-0.15, -0.1) is 0 Å². The van der Waals surface area contributed by atoms with Gasteiger partial charge in [0.2, 0.25) is 12.7 Å². The summed E-state index contributed by atoms with van der Waals surface area (Å²) in [6, 6.07) is 9.39. The Labute approximate surface area is 219 Å². The molecule has 1 aromatic heterocycles. The highest BCUT2D eigenvalue weighted by Gasteiger charge is 2.57. The van der Waals surface area contributed by atoms with Crippen LogP contribution in [0.5, 0.6) is 5.75 Å². The number of hydrogen-bond acceptors (Lipinski definition) is 9. The van der Waals surface area contributed by atoms with E-state index in [1.54, 1.807) is 63.4 Å². The maximum atomic E-state index is 13.1. The molecule has 0 saturated carbocycles. The molecule has 2 aliphatic heterocycles. The van der Waals surface area contributed by atoms with Crippen LogP contribution in [0.4, 0.5) is 10.5 Å². The number of carbonyl (C=O) groups excluding carboxylic acids is 4. The normalized spacial score (nSPS) is 19.3. The van der Waals surface area contributed by atoms with Crippen LogP contribution < -0.4 is 10.1 Å². The summed E-state index contributed by atoms with van der Waals surface area (Å²) in [5, 5.41) is 12.7. The first-order chi connectivity index (χ1) is 18.0. The van der Waals surface area contributed by atoms with E-state index in [9.17, 15) is 24.3 Å². The number of amides is 2. The number of carbonyl (C=O) groups is 4. The number of ether oxygens (including phenoxy) is 3. The number of anilines is 1. The molecule has 1 saturated heterocycles. The molecule has 0 aliphatic carbocycles. The smallest absolute Gasteiger partial charge is 0.417 e. The zero-order chi connectivity index (χ0) is 27.6. The Morgan fingerprint density at radius 2 is 1.95 bits per heavy atom. The highest BCUT2D eigenvalue weighted by atomic mass is 16.7. The number of aliphatic hydroxyl groups excluding tert-OH is 1. The van der Waals surface area contributed by atoms with Crippen molar-refractivity contribution in [3.63, 3.8) is 0 Å². The van der Waals surface area contributed by atoms with Gasteiger partial charge in [-0.2, -0.15) is 0 Å². The molecule has 4 rings (SSSR count). The number of nitrogens with one attached hydrogen (secondary N) is 1. The number of hydrogen-bond donors (Lipinski definition) is 2. The van der Waals surface area contributed by atoms with E-state index in [1.807, 2.05) is 0 Å². The average Bonchev–Trinajstić information content (AvgIpc) is 3.19. The van der Waals surface area contributed by atoms with Gasteiger partial charge in [0.05, 0.1) is 35.4 Å². The minimum Gasteiger partial charge on any atom is -0.427 e. The predicted molar refractivity (Wildman–Crippen MR) is 134 cm³/mol. The van der Waals surface area contributed by atoms with Gasteiger partial charge in [0.25, 0.3) is 0 Å². The second-order valence-corrected chi connectivity index (χ2v) is 10.1. The van der Waals surface area contributed by atoms with Crippen LogP contribution in [-0.2, 0) is 23.9 Å². The van der Waals surface area contributed by atoms with E-state index in [4.69, 9.17) is 14.2 Å². The molecule has 0 bridgehead atoms. The molecule has 0 radical (unpaired) electrons. The highest BCUT2D eigenvalue weighted by Crippen LogP contribution is 2.47. The topological polar surface area (TPSA) is 144 Å². The molecule has 11 nitrogen and oxygen atoms in total. The summed E-state index contributed by atoms with van der Waals surface area (Å²) in [5.74, 6) is -2.26. The Morgan fingerprint density at radius 1 is 1.18 bits per heavy atom. The summed E-state index contributed by atoms with van der Waals surface area (Å²) in [5.41, 5.74) is 0.687. The third-order valence-corrected chi connectivity index (χ3v) is 6.22. The monoisotopic (exact) mass is 523 g/mol. The summed E-state index contributed by atoms with van der Waals surface area (Å²) in [6.45, 7) is 5.91. The first-order valence-corrected chi connectivity index (χ1v) is 12.1. The Balaban J connectivity index is 1.56. The van der Waals surface area contributed by atoms with Gasteiger partial charge in [0.15, 0.2) is 0 Å². The van der Waals surface area contributed by atoms with E-state index >= 15 is 0 Å². The summed E-state index contributed by atoms with van der Waals surface area (Å²) >= 11 is 0. The lowest BCUT2D eigenvalue weighted by atomic mass is 9.82. The van der Waals surface area contributed by atoms with Crippen LogP contribution in [0, 0.1) is 11.3 Å². The number of nitrogens with zero attached hydrogens (tertiary/aromatic N) is 2. The molecule has 2 N–H and O–H groups in total. The molecule has 1 fully saturated rings. The Morgan fingerprint density at radius 3 is 2.61 bits per heavy atom. The van der Waals surface area contributed by atoms with Crippen molar-refractivity contribution in [1.82, 2.24) is 9.88 Å². The van der Waals surface area contributed by atoms with Crippen molar-refractivity contribution in [2.75, 3.05) is 12.1 Å². The van der Waals surface area contributed by atoms with Gasteiger partial charge in [-0.3, -0.25) is 19.9 Å². The van der Waals surface area contributed by atoms with Crippen molar-refractivity contribution >= 4 is 35.2 Å². The van der Waals surface area contributed by atoms with Gasteiger partial charge >= 0.3 is 18.0 Å². The standard InChI is InChI=1S/C27H29N3O8/c1-15(31)21-20-12-19(22(30(20)23(21)32)24(33)36-14-37-25(34)27(2,3)4)16-7-5-9-18(11-16)38-26(35)29-17-8-6-10-28-13-17/h5-11,13,15,20-21,31H,12,14H2,1-4H3,(H,29,35)/t15-,20-,21-/m1/s1. The van der Waals surface area contributed by atoms with Gasteiger partial charge in [0.1, 0.15) is 11.4 Å². The number of β-lactam (4-membered cyclic amide) rings is 1. The fourth-order valence-corrected chi connectivity index (χ4v) is 4.37. The van der Waals surface area contributed by atoms with E-state index in [0.717, 1.165) is 0 Å². The van der Waals surface area contributed by atoms with Gasteiger partial charge in [-0.25, -0.2) is 9.59 Å². The molecule has 0 unspecified atom stereocenters. The maximum Gasteiger partial charge on any atom is 0.417 e. The lowest BCUT2D eigenvalue weighted by Crippen LogP contribution is -2.61. The van der Waals surface area contributed by atoms with E-state index in [2.05, 4.69) is 10.3 Å². The molecule has 3 heterocycles. The molecule has 3 atom stereocenters. The number of benzene rings is 1. The van der Waals surface area contributed by atoms with E-state index in [1.165, 1.54) is 18.0 Å². The fourth-order valence-electron chi connectivity index (χ4n) is 4.37. The molecule has 11 heteroatoms. The van der Waals surface area contributed by atoms with Crippen molar-refractivity contribution in [2.45, 2.75) is 46.3 Å². The molecule has 2 aliphatic rings. The molecule has 200 valence electrons. The minimum absolute atomic E-state index is 0.000620. The fraction of sp³-hybridized carbons (Fsp3) is 0.370. The van der Waals surface area contributed by atoms with Crippen molar-refractivity contribution in [3.05, 3.63) is 60.1 Å². The first kappa shape index (κ1) is 26.8. The van der Waals surface area contributed by atoms with Crippen LogP contribution in [0.25, 0.3) is 5.57 Å². The van der Waals surface area contributed by atoms with Gasteiger partial charge < -0.3 is 24.2 Å². The third kappa shape index (κ3) is 5.52. The molecule has 0 spiro atoms. The van der Waals surface area contributed by atoms with Gasteiger partial charge in [-0.1, -0.05) is 12.1 Å². The molecule has 2 amide bonds. The first-order valence-electron chi connectivity index (χ1n) is 12.1. The second-order valence-electron chi connectivity index (χ2n) is 10.1. The van der Waals surface area contributed by atoms with Crippen molar-refractivity contribution in [3.8, 4) is 5.75 Å². The van der Waals surface area contributed by atoms with E-state index in [-0.39, 0.29) is 17.9 Å². The molecular weight excluding hydrogens is 494 g/mol. The Kier molecular flexibility index (Phi) is 7.49. The van der Waals surface area contributed by atoms with Crippen LogP contribution in [0.2, 0.25) is 0 Å². The SMILES string of the molecule is C[C@@H](O)[C@H]1C(=O)N2C(C(=O)OCOC(=O)C(C)(C)C)=C(c3cccc(OC(=O)Nc4cccnc4)c3)C[C@H]12. The lowest BCUT2D eigenvalue weighted by Gasteiger charge is -2.44. The van der Waals surface area contributed by atoms with Crippen LogP contribution in [0.3, 0.4) is 0 Å². The predicted octanol–water partition coefficient (Wildman–Crippen LogP) is 3.11. The van der Waals surface area contributed by atoms with Crippen molar-refractivity contribution < 1.29 is 38.5 Å². The molecular formula is C27H29N3O8. The summed E-state index contributed by atoms with van der Waals surface area (Å²) < 4.78 is 15.6. The minimum atomic E-state index is -0.904. The zero-order valence-corrected chi connectivity index (χ0v) is 21.5. The van der Waals surface area contributed by atoms with Gasteiger partial charge in [0, 0.05) is 6.20 Å². The average molecular weight is 524 g/mol. The number of pyridine rings is 1. The summed E-state index contributed by atoms with van der Waals surface area (Å²) in [4.78, 5) is 55.5. The molecule has 2 aromatic rings. The second kappa shape index (κ2) is 10.6. The molecule has 1 aromatic carbocycles. The largest absolute Gasteiger partial charge is 0.427 e. The van der Waals surface area contributed by atoms with Crippen LogP contribution in [0.15, 0.2) is 54.5 Å². The summed E-state index contributed by atoms with van der Waals surface area (Å²) in [7, 11) is 0. The quantitative estimate of drug-likeness (QED) is 0.318. The Hall–Kier alpha value is -4.25. The maximum absolute atomic E-state index is 13.1. The molecule has 38 heavy (non-hydrogen) atoms. The Bertz CT molecular complexity index is 1280. The highest BCUT2D eigenvalue weighted by molar-refractivity contribution is 6.07. The number of esters is 2. The van der Waals surface area contributed by atoms with Crippen LogP contribution in [-0.4, -0.2) is 57.9 Å². The number of rotatable bonds is 7. The number of aromatic nitrogens is 1. The zero-order valence-electron chi connectivity index (χ0n) is 21.5. The van der Waals surface area contributed by atoms with Crippen molar-refractivity contribution in [2.24, 2.45) is 11.3 Å². The van der Waals surface area contributed by atoms with Crippen molar-refractivity contribution in [1.29, 1.82) is 0 Å². The van der Waals surface area contributed by atoms with Crippen LogP contribution in [0.1, 0.15) is 39.7 Å². The number of fused-ring (bicyclic) bond motifs is 1. The van der Waals surface area contributed by atoms with E-state index in [0.29, 0.717) is 16.8 Å². The van der Waals surface area contributed by atoms with Gasteiger partial charge in [-0.05, 0) is 69.5 Å². The summed E-state index contributed by atoms with van der Waals surface area (Å²) in [6.07, 6.45) is 1.68. The van der Waals surface area contributed by atoms with E-state index < -0.39 is 54.2 Å².